The van der Waals surface area contributed by atoms with E-state index in [1.807, 2.05) is 0 Å². The van der Waals surface area contributed by atoms with E-state index < -0.39 is 289 Å². The van der Waals surface area contributed by atoms with Crippen molar-refractivity contribution in [3.8, 4) is 0 Å². The molecule has 17 N–H and O–H groups in total. The number of nitrogen functional groups attached to an aromatic ring is 2. The molecule has 9 fully saturated rings. The number of aryl methyl sites for hydroxylation is 4. The Balaban J connectivity index is 0.617. The van der Waals surface area contributed by atoms with Crippen LogP contribution >= 0.6 is 40.3 Å². The number of anilines is 2. The molecule has 6 bridgehead atoms. The predicted molar refractivity (Wildman–Crippen MR) is 471 cm³/mol. The monoisotopic (exact) mass is 2100 g/mol. The Morgan fingerprint density at radius 1 is 0.421 bits per heavy atom. The molecule has 17 rings (SSSR count). The average Bonchev–Trinajstić information content (AvgIpc) is 1.56. The van der Waals surface area contributed by atoms with Gasteiger partial charge in [-0.05, 0) is 119 Å². The van der Waals surface area contributed by atoms with Gasteiger partial charge in [-0.25, -0.2) is 39.1 Å². The number of hydrogen-bond acceptors (Lipinski definition) is 43. The van der Waals surface area contributed by atoms with Crippen LogP contribution < -0.4 is 62.0 Å². The van der Waals surface area contributed by atoms with Gasteiger partial charge in [-0.3, -0.25) is 89.9 Å². The summed E-state index contributed by atoms with van der Waals surface area (Å²) in [4.78, 5) is 231. The van der Waals surface area contributed by atoms with Crippen molar-refractivity contribution in [3.05, 3.63) is 160 Å². The number of hydrogen-bond donors (Lipinski definition) is 15. The van der Waals surface area contributed by atoms with Gasteiger partial charge in [0.2, 0.25) is 5.95 Å². The van der Waals surface area contributed by atoms with Gasteiger partial charge in [0.1, 0.15) is 102 Å². The Hall–Kier alpha value is -6.00. The van der Waals surface area contributed by atoms with E-state index in [2.05, 4.69) is 49.8 Å². The van der Waals surface area contributed by atoms with Gasteiger partial charge in [0.05, 0.1) is 88.9 Å². The molecule has 0 aliphatic carbocycles. The van der Waals surface area contributed by atoms with Crippen molar-refractivity contribution >= 4 is 145 Å². The summed E-state index contributed by atoms with van der Waals surface area (Å²) in [5.41, 5.74) is -1.15. The van der Waals surface area contributed by atoms with Gasteiger partial charge in [0, 0.05) is 66.3 Å². The molecular weight excluding hydrogens is 2020 g/mol. The van der Waals surface area contributed by atoms with Crippen molar-refractivity contribution < 1.29 is 132 Å². The summed E-state index contributed by atoms with van der Waals surface area (Å²) in [6, 6.07) is 0. The molecule has 67 heteroatoms. The van der Waals surface area contributed by atoms with Crippen molar-refractivity contribution in [2.75, 3.05) is 51.1 Å². The largest absolute Gasteiger partial charge is 0.393 e. The summed E-state index contributed by atoms with van der Waals surface area (Å²) in [6.07, 6.45) is -22.1. The third-order valence-electron chi connectivity index (χ3n) is 24.0. The van der Waals surface area contributed by atoms with Crippen LogP contribution in [0.15, 0.2) is 86.9 Å². The number of aromatic amines is 5. The summed E-state index contributed by atoms with van der Waals surface area (Å²) in [7, 11) is 0. The number of imidazole rings is 2. The maximum absolute atomic E-state index is 13.9. The van der Waals surface area contributed by atoms with Gasteiger partial charge in [0.15, 0.2) is 41.3 Å². The smallest absolute Gasteiger partial charge is 0.330 e. The third-order valence-corrected chi connectivity index (χ3v) is 32.5. The molecular formula is C66H84N18O37P6S6. The number of nitrogens with zero attached hydrogens (tertiary/aromatic N) is 11. The average molecular weight is 2100 g/mol. The molecule has 29 atom stereocenters. The normalized spacial score (nSPS) is 34.1. The van der Waals surface area contributed by atoms with Gasteiger partial charge < -0.3 is 130 Å². The van der Waals surface area contributed by atoms with Crippen LogP contribution in [0.1, 0.15) is 99.7 Å². The first-order valence-electron chi connectivity index (χ1n) is 39.9. The van der Waals surface area contributed by atoms with Gasteiger partial charge in [-0.15, -0.1) is 0 Å². The molecule has 11 unspecified atom stereocenters. The highest BCUT2D eigenvalue weighted by Gasteiger charge is 2.72. The number of rotatable bonds is 34. The van der Waals surface area contributed by atoms with E-state index in [0.29, 0.717) is 0 Å². The molecule has 17 heterocycles. The van der Waals surface area contributed by atoms with Crippen LogP contribution in [-0.4, -0.2) is 265 Å². The number of nitrogens with two attached hydrogens (primary N) is 2. The maximum Gasteiger partial charge on any atom is 0.330 e. The van der Waals surface area contributed by atoms with E-state index in [9.17, 15) is 82.5 Å². The fourth-order valence-electron chi connectivity index (χ4n) is 17.4. The van der Waals surface area contributed by atoms with Gasteiger partial charge in [-0.1, -0.05) is 0 Å². The number of ether oxygens (including phenoxy) is 9. The molecule has 9 saturated heterocycles. The lowest BCUT2D eigenvalue weighted by Gasteiger charge is -2.38. The highest BCUT2D eigenvalue weighted by molar-refractivity contribution is 8.08. The minimum atomic E-state index is -4.94. The summed E-state index contributed by atoms with van der Waals surface area (Å²) in [5.74, 6) is -0.287. The second-order valence-corrected chi connectivity index (χ2v) is 49.0. The Morgan fingerprint density at radius 2 is 0.759 bits per heavy atom. The fourth-order valence-corrected chi connectivity index (χ4v) is 25.5. The topological polar surface area (TPSA) is 725 Å². The molecule has 0 spiro atoms. The molecule has 8 aromatic rings. The first-order chi connectivity index (χ1) is 62.4. The zero-order valence-electron chi connectivity index (χ0n) is 69.7. The van der Waals surface area contributed by atoms with Crippen LogP contribution in [0, 0.1) is 27.7 Å². The first kappa shape index (κ1) is 98.6. The number of nitrogens with one attached hydrogen (secondary N) is 5. The second kappa shape index (κ2) is 36.6. The molecule has 0 amide bonds. The first-order valence-corrected chi connectivity index (χ1v) is 55.5. The lowest BCUT2D eigenvalue weighted by Crippen LogP contribution is -2.52. The van der Waals surface area contributed by atoms with Crippen molar-refractivity contribution in [1.29, 1.82) is 0 Å². The molecule has 9 aliphatic heterocycles. The number of fused-ring (bicyclic) bond motifs is 8. The number of H-pyrrole nitrogens is 5. The molecule has 0 aromatic carbocycles. The molecule has 8 aromatic heterocycles. The number of aliphatic hydroxyl groups is 1. The van der Waals surface area contributed by atoms with Crippen LogP contribution in [0.4, 0.5) is 11.8 Å². The Labute approximate surface area is 773 Å². The Bertz CT molecular complexity index is 6860. The number of aromatic nitrogens is 16. The summed E-state index contributed by atoms with van der Waals surface area (Å²) in [6.45, 7) is -23.3. The van der Waals surface area contributed by atoms with Crippen molar-refractivity contribution in [3.63, 3.8) is 0 Å². The van der Waals surface area contributed by atoms with Crippen molar-refractivity contribution in [1.82, 2.24) is 77.2 Å². The SMILES string of the molecule is Cc1cn([C@@H]2O[C@]3(COP(O)(=S)OC4[C@@H]5O[C@@H](C)[C@]4(COP(O)(=S)OC4[C@@H]6O[C@@H](C)[C@]4(CO)O[C@H]6n4cnc6c(=O)[nH]c(N)nc64)O[C@H]5n4cnc5c(N)ncnc54)C(OP(O)(=S)OC[C@H]4O[C@@H](n5cc(C)c(=O)[nH]c5=O)CC4OP(O)(=S)OC[C@H]4O[C@@H](n5cc(C)c(=O)[nH]c5=O)CC4OP(O)(=S)OC[C@H]4O[C@@H](n5cc(C)c(=O)[nH]c5=O)CC4OP(O)(O)=S)[C@@H]2O[C@H]3C)c(=O)[nH]c1=O. The van der Waals surface area contributed by atoms with Crippen LogP contribution in [0.3, 0.4) is 0 Å². The van der Waals surface area contributed by atoms with Crippen molar-refractivity contribution in [2.24, 2.45) is 0 Å². The van der Waals surface area contributed by atoms with E-state index >= 15 is 0 Å². The Kier molecular flexibility index (Phi) is 27.1. The lowest BCUT2D eigenvalue weighted by molar-refractivity contribution is -0.218. The van der Waals surface area contributed by atoms with Gasteiger partial charge in [0.25, 0.3) is 27.8 Å². The molecule has 55 nitrogen and oxygen atoms in total. The highest BCUT2D eigenvalue weighted by atomic mass is 32.5. The molecule has 0 radical (unpaired) electrons. The van der Waals surface area contributed by atoms with Crippen molar-refractivity contribution in [2.45, 2.75) is 213 Å². The quantitative estimate of drug-likeness (QED) is 0.0182. The number of aliphatic hydroxyl groups excluding tert-OH is 1. The third kappa shape index (κ3) is 19.2. The lowest BCUT2D eigenvalue weighted by atomic mass is 9.94. The van der Waals surface area contributed by atoms with Crippen LogP contribution in [0.2, 0.25) is 0 Å². The molecule has 726 valence electrons. The standard InChI is InChI=1S/C66H84N18O37P6S6/c1-24-11-79(60(91)75-51(24)86)37-8-31(116-122(95,96)128)34(110-37)15-102-123(97,129)117-32-9-38(80-12-25(2)52(87)76-61(80)92)111-35(32)16-103-124(98,130)118-33-10-39(81-13-26(3)53(88)77-62(81)93)112-36(33)17-104-125(99,131)120-46-43-56(82-14-27(4)54(89)78-63(82)94)114-65(46,29(6)108-43)19-106-127(101,133)121-47-44-57(83-22-71-40-48(67)69-21-70-49(40)83)115-66(47,30(7)109-44)20-105-126(100,132)119-45-42-58(113-64(45,18-85)28(5)107-42)84-23-72-41-50(84)73-59(68)74-55(41)90/h11-14,21-23,28-39,42-47,56-58,85H,8-10,15-20H2,1-7H3,(H,97,129)(H,98,130)(H,99,131)(H,100,132)(H,101,133)(H2,67,69,70)(H,75,86,91)(H,76,87,92)(H,77,88,93)(H,78,89,94)(H2,95,96,128)(H3,68,73,74,90)/t28-,29-,30-,31?,32?,33?,34+,35+,36+,37+,38+,39+,42-,43-,44-,45?,46?,47?,56+,57+,58+,64-,65-,66-,123?,124?,125?,126?,127?/m0/s1. The summed E-state index contributed by atoms with van der Waals surface area (Å²) >= 11 is 33.2. The van der Waals surface area contributed by atoms with Gasteiger partial charge >= 0.3 is 63.1 Å². The summed E-state index contributed by atoms with van der Waals surface area (Å²) in [5, 5.41) is 11.1. The summed E-state index contributed by atoms with van der Waals surface area (Å²) < 4.78 is 132. The van der Waals surface area contributed by atoms with Crippen LogP contribution in [0.25, 0.3) is 22.3 Å². The minimum absolute atomic E-state index is 0.00622. The zero-order valence-corrected chi connectivity index (χ0v) is 79.9. The minimum Gasteiger partial charge on any atom is -0.393 e. The van der Waals surface area contributed by atoms with E-state index in [1.165, 1.54) is 69.5 Å². The predicted octanol–water partition coefficient (Wildman–Crippen LogP) is -2.73. The maximum atomic E-state index is 13.9. The Morgan fingerprint density at radius 3 is 1.17 bits per heavy atom. The second-order valence-electron chi connectivity index (χ2n) is 32.4. The van der Waals surface area contributed by atoms with E-state index in [1.54, 1.807) is 6.92 Å². The fraction of sp³-hybridized carbons (Fsp3) is 0.606. The molecule has 9 aliphatic rings. The van der Waals surface area contributed by atoms with E-state index in [4.69, 9.17) is 175 Å². The van der Waals surface area contributed by atoms with Crippen LogP contribution in [-0.2, 0) is 163 Å². The molecule has 133 heavy (non-hydrogen) atoms. The highest BCUT2D eigenvalue weighted by Crippen LogP contribution is 2.64. The van der Waals surface area contributed by atoms with Gasteiger partial charge in [-0.2, -0.15) is 4.98 Å². The zero-order chi connectivity index (χ0) is 95.6. The van der Waals surface area contributed by atoms with E-state index in [-0.39, 0.29) is 62.8 Å². The molecule has 0 saturated carbocycles. The van der Waals surface area contributed by atoms with Crippen LogP contribution in [0.5, 0.6) is 0 Å². The van der Waals surface area contributed by atoms with E-state index in [0.717, 1.165) is 43.2 Å².